The van der Waals surface area contributed by atoms with Crippen LogP contribution in [0.1, 0.15) is 5.69 Å². The van der Waals surface area contributed by atoms with Gasteiger partial charge in [-0.2, -0.15) is 0 Å². The Kier molecular flexibility index (Phi) is 3.11. The Labute approximate surface area is 81.2 Å². The van der Waals surface area contributed by atoms with Crippen LogP contribution in [0.5, 0.6) is 0 Å². The zero-order valence-electron chi connectivity index (χ0n) is 7.98. The van der Waals surface area contributed by atoms with Crippen molar-refractivity contribution in [3.63, 3.8) is 0 Å². The van der Waals surface area contributed by atoms with E-state index in [1.165, 1.54) is 4.90 Å². The Morgan fingerprint density at radius 2 is 2.14 bits per heavy atom. The third-order valence-corrected chi connectivity index (χ3v) is 1.43. The maximum absolute atomic E-state index is 9.43. The van der Waals surface area contributed by atoms with Crippen LogP contribution in [-0.4, -0.2) is 36.2 Å². The van der Waals surface area contributed by atoms with E-state index in [2.05, 4.69) is 15.2 Å². The van der Waals surface area contributed by atoms with E-state index in [1.54, 1.807) is 26.4 Å². The predicted molar refractivity (Wildman–Crippen MR) is 51.9 cm³/mol. The second-order valence-electron chi connectivity index (χ2n) is 2.86. The monoisotopic (exact) mass is 193 g/mol. The maximum atomic E-state index is 9.43. The molecule has 0 aliphatic carbocycles. The third kappa shape index (κ3) is 2.25. The summed E-state index contributed by atoms with van der Waals surface area (Å²) in [5.74, 6) is 0.218. The number of hydrogen-bond donors (Lipinski definition) is 2. The molecule has 0 unspecified atom stereocenters. The largest absolute Gasteiger partial charge is 0.357 e. The van der Waals surface area contributed by atoms with Crippen LogP contribution in [0.15, 0.2) is 22.5 Å². The average Bonchev–Trinajstić information content (AvgIpc) is 2.72. The summed E-state index contributed by atoms with van der Waals surface area (Å²) in [6, 6.07) is 1.79. The molecule has 1 amide bonds. The fourth-order valence-corrected chi connectivity index (χ4v) is 0.788. The van der Waals surface area contributed by atoms with Gasteiger partial charge in [-0.25, -0.2) is 0 Å². The van der Waals surface area contributed by atoms with Crippen molar-refractivity contribution in [2.75, 3.05) is 14.1 Å². The zero-order valence-corrected chi connectivity index (χ0v) is 7.98. The minimum Gasteiger partial charge on any atom is -0.357 e. The summed E-state index contributed by atoms with van der Waals surface area (Å²) in [6.07, 6.45) is 2.50. The number of H-pyrrole nitrogens is 1. The molecule has 1 aliphatic rings. The summed E-state index contributed by atoms with van der Waals surface area (Å²) in [7, 11) is 3.38. The van der Waals surface area contributed by atoms with E-state index in [0.29, 0.717) is 0 Å². The normalized spacial score (nSPS) is 11.7. The molecule has 6 heteroatoms. The number of azo groups is 1. The lowest BCUT2D eigenvalue weighted by atomic mass is 10.4. The van der Waals surface area contributed by atoms with Gasteiger partial charge in [0.2, 0.25) is 6.41 Å². The molecule has 0 fully saturated rings. The summed E-state index contributed by atoms with van der Waals surface area (Å²) in [6.45, 7) is 0. The van der Waals surface area contributed by atoms with Gasteiger partial charge in [0.05, 0.1) is 0 Å². The van der Waals surface area contributed by atoms with Gasteiger partial charge in [-0.1, -0.05) is 0 Å². The SMILES string of the molecule is CN(C)C=O.N=C1N=Nc2cc[nH]c21. The first kappa shape index (κ1) is 10.1. The molecule has 2 rings (SSSR count). The number of hydrogen-bond acceptors (Lipinski definition) is 3. The number of nitrogens with one attached hydrogen (secondary N) is 2. The van der Waals surface area contributed by atoms with E-state index in [4.69, 9.17) is 5.41 Å². The molecule has 0 spiro atoms. The first-order valence-corrected chi connectivity index (χ1v) is 3.95. The summed E-state index contributed by atoms with van der Waals surface area (Å²) in [5, 5.41) is 14.4. The second-order valence-corrected chi connectivity index (χ2v) is 2.86. The van der Waals surface area contributed by atoms with E-state index in [1.807, 2.05) is 0 Å². The quantitative estimate of drug-likeness (QED) is 0.644. The van der Waals surface area contributed by atoms with Crippen LogP contribution in [0.4, 0.5) is 5.69 Å². The van der Waals surface area contributed by atoms with Crippen molar-refractivity contribution in [2.45, 2.75) is 0 Å². The maximum Gasteiger partial charge on any atom is 0.209 e. The molecule has 0 saturated heterocycles. The number of nitrogens with zero attached hydrogens (tertiary/aromatic N) is 3. The van der Waals surface area contributed by atoms with Crippen LogP contribution in [0.25, 0.3) is 0 Å². The summed E-state index contributed by atoms with van der Waals surface area (Å²) in [5.41, 5.74) is 1.48. The standard InChI is InChI=1S/C5H4N4.C3H7NO/c6-5-4-3(8-9-5)1-2-7-4;1-4(2)3-5/h1-2,6-7H;3H,1-2H3. The number of aromatic amines is 1. The molecule has 0 atom stereocenters. The number of amidine groups is 1. The van der Waals surface area contributed by atoms with Crippen molar-refractivity contribution >= 4 is 17.9 Å². The molecule has 6 nitrogen and oxygen atoms in total. The van der Waals surface area contributed by atoms with Crippen molar-refractivity contribution in [3.05, 3.63) is 18.0 Å². The number of amides is 1. The average molecular weight is 193 g/mol. The fraction of sp³-hybridized carbons (Fsp3) is 0.250. The molecule has 74 valence electrons. The van der Waals surface area contributed by atoms with Crippen molar-refractivity contribution in [3.8, 4) is 0 Å². The van der Waals surface area contributed by atoms with E-state index in [9.17, 15) is 4.79 Å². The second kappa shape index (κ2) is 4.31. The molecule has 2 heterocycles. The summed E-state index contributed by atoms with van der Waals surface area (Å²) >= 11 is 0. The summed E-state index contributed by atoms with van der Waals surface area (Å²) in [4.78, 5) is 13.7. The van der Waals surface area contributed by atoms with Gasteiger partial charge in [0.1, 0.15) is 11.4 Å². The lowest BCUT2D eigenvalue weighted by molar-refractivity contribution is -0.115. The molecular formula is C8H11N5O. The minimum atomic E-state index is 0.218. The van der Waals surface area contributed by atoms with Gasteiger partial charge in [0, 0.05) is 20.3 Å². The van der Waals surface area contributed by atoms with Gasteiger partial charge >= 0.3 is 0 Å². The van der Waals surface area contributed by atoms with E-state index in [-0.39, 0.29) is 5.84 Å². The topological polar surface area (TPSA) is 84.7 Å². The van der Waals surface area contributed by atoms with Gasteiger partial charge in [-0.05, 0) is 6.07 Å². The van der Waals surface area contributed by atoms with Crippen molar-refractivity contribution < 1.29 is 4.79 Å². The highest BCUT2D eigenvalue weighted by Crippen LogP contribution is 2.24. The zero-order chi connectivity index (χ0) is 10.6. The van der Waals surface area contributed by atoms with Crippen LogP contribution in [0.2, 0.25) is 0 Å². The van der Waals surface area contributed by atoms with Gasteiger partial charge < -0.3 is 9.88 Å². The molecule has 0 bridgehead atoms. The number of aromatic nitrogens is 1. The van der Waals surface area contributed by atoms with Crippen molar-refractivity contribution in [1.82, 2.24) is 9.88 Å². The van der Waals surface area contributed by atoms with Gasteiger partial charge in [-0.3, -0.25) is 10.2 Å². The lowest BCUT2D eigenvalue weighted by Gasteiger charge is -1.93. The molecule has 0 aromatic carbocycles. The predicted octanol–water partition coefficient (Wildman–Crippen LogP) is 1.14. The first-order chi connectivity index (χ1) is 6.65. The number of carbonyl (C=O) groups is 1. The van der Waals surface area contributed by atoms with E-state index >= 15 is 0 Å². The molecule has 0 saturated carbocycles. The molecule has 14 heavy (non-hydrogen) atoms. The molecule has 2 N–H and O–H groups in total. The van der Waals surface area contributed by atoms with E-state index in [0.717, 1.165) is 17.8 Å². The Morgan fingerprint density at radius 1 is 1.50 bits per heavy atom. The van der Waals surface area contributed by atoms with Crippen LogP contribution in [-0.2, 0) is 4.79 Å². The number of rotatable bonds is 1. The van der Waals surface area contributed by atoms with Crippen LogP contribution in [0, 0.1) is 5.41 Å². The van der Waals surface area contributed by atoms with Crippen LogP contribution < -0.4 is 0 Å². The molecular weight excluding hydrogens is 182 g/mol. The Morgan fingerprint density at radius 3 is 2.64 bits per heavy atom. The van der Waals surface area contributed by atoms with Gasteiger partial charge in [0.15, 0.2) is 5.84 Å². The van der Waals surface area contributed by atoms with Crippen molar-refractivity contribution in [1.29, 1.82) is 5.41 Å². The molecule has 1 aromatic rings. The highest BCUT2D eigenvalue weighted by atomic mass is 16.1. The molecule has 1 aliphatic heterocycles. The fourth-order valence-electron chi connectivity index (χ4n) is 0.788. The lowest BCUT2D eigenvalue weighted by Crippen LogP contribution is -2.06. The summed E-state index contributed by atoms with van der Waals surface area (Å²) < 4.78 is 0. The number of carbonyl (C=O) groups excluding carboxylic acids is 1. The number of fused-ring (bicyclic) bond motifs is 1. The van der Waals surface area contributed by atoms with E-state index < -0.39 is 0 Å². The van der Waals surface area contributed by atoms with Crippen LogP contribution >= 0.6 is 0 Å². The van der Waals surface area contributed by atoms with Crippen molar-refractivity contribution in [2.24, 2.45) is 10.2 Å². The van der Waals surface area contributed by atoms with Crippen LogP contribution in [0.3, 0.4) is 0 Å². The Hall–Kier alpha value is -1.98. The van der Waals surface area contributed by atoms with Gasteiger partial charge in [0.25, 0.3) is 0 Å². The highest BCUT2D eigenvalue weighted by Gasteiger charge is 2.13. The molecule has 0 radical (unpaired) electrons. The van der Waals surface area contributed by atoms with Gasteiger partial charge in [-0.15, -0.1) is 10.2 Å². The molecule has 1 aromatic heterocycles. The first-order valence-electron chi connectivity index (χ1n) is 3.95. The Bertz CT molecular complexity index is 366. The minimum absolute atomic E-state index is 0.218. The highest BCUT2D eigenvalue weighted by molar-refractivity contribution is 6.01. The third-order valence-electron chi connectivity index (χ3n) is 1.43. The Balaban J connectivity index is 0.000000171. The smallest absolute Gasteiger partial charge is 0.209 e.